The Hall–Kier alpha value is -5.40. The fraction of sp³-hybridized carbons (Fsp3) is 0.135. The first-order valence-corrected chi connectivity index (χ1v) is 14.6. The smallest absolute Gasteiger partial charge is 0.197 e. The minimum absolute atomic E-state index is 0.00598. The number of phenols is 2. The maximum atomic E-state index is 13.6. The summed E-state index contributed by atoms with van der Waals surface area (Å²) < 4.78 is 6.45. The van der Waals surface area contributed by atoms with E-state index in [9.17, 15) is 19.8 Å². The van der Waals surface area contributed by atoms with E-state index in [1.807, 2.05) is 90.0 Å². The number of allylic oxidation sites excluding steroid dienone is 1. The van der Waals surface area contributed by atoms with E-state index in [1.165, 1.54) is 17.7 Å². The van der Waals surface area contributed by atoms with Gasteiger partial charge in [0.2, 0.25) is 0 Å². The monoisotopic (exact) mass is 582 g/mol. The zero-order valence-electron chi connectivity index (χ0n) is 23.9. The van der Waals surface area contributed by atoms with Crippen molar-refractivity contribution in [1.82, 2.24) is 4.90 Å². The molecule has 7 nitrogen and oxygen atoms in total. The van der Waals surface area contributed by atoms with Gasteiger partial charge in [0.25, 0.3) is 0 Å². The molecule has 7 rings (SSSR count). The summed E-state index contributed by atoms with van der Waals surface area (Å²) in [6.07, 6.45) is 5.32. The third kappa shape index (κ3) is 4.87. The number of aromatic hydroxyl groups is 2. The molecule has 5 aromatic rings. The van der Waals surface area contributed by atoms with E-state index >= 15 is 0 Å². The number of rotatable bonds is 6. The van der Waals surface area contributed by atoms with Gasteiger partial charge >= 0.3 is 0 Å². The number of anilines is 2. The first-order valence-electron chi connectivity index (χ1n) is 14.6. The van der Waals surface area contributed by atoms with Crippen LogP contribution in [0.3, 0.4) is 0 Å². The molecule has 3 heterocycles. The van der Waals surface area contributed by atoms with Crippen molar-refractivity contribution >= 4 is 39.8 Å². The molecule has 1 atom stereocenters. The fourth-order valence-electron chi connectivity index (χ4n) is 6.27. The highest BCUT2D eigenvalue weighted by Crippen LogP contribution is 2.46. The SMILES string of the molecule is O=CC1C(c2cc(=O)c3c(O)cc(O)c(C4=CCN(Cc5ccccc5)CC4)c3o2)=CN(c2ccccc2)c2ccccc21. The quantitative estimate of drug-likeness (QED) is 0.209. The van der Waals surface area contributed by atoms with Gasteiger partial charge in [-0.05, 0) is 41.3 Å². The standard InChI is InChI=1S/C37H30N2O5/c40-23-29-27-13-7-8-14-30(27)39(26-11-5-2-6-12-26)22-28(29)34-20-33(43)36-32(42)19-31(41)35(37(36)44-34)25-15-17-38(18-16-25)21-24-9-3-1-4-10-24/h1-15,19-20,22-23,29,41-42H,16-18,21H2. The Labute approximate surface area is 254 Å². The van der Waals surface area contributed by atoms with Gasteiger partial charge in [0, 0.05) is 54.9 Å². The second-order valence-corrected chi connectivity index (χ2v) is 11.1. The summed E-state index contributed by atoms with van der Waals surface area (Å²) in [5.74, 6) is -1.02. The van der Waals surface area contributed by atoms with Crippen molar-refractivity contribution in [2.24, 2.45) is 0 Å². The lowest BCUT2D eigenvalue weighted by Gasteiger charge is -2.32. The molecule has 0 amide bonds. The van der Waals surface area contributed by atoms with E-state index in [1.54, 1.807) is 0 Å². The fourth-order valence-corrected chi connectivity index (χ4v) is 6.27. The lowest BCUT2D eigenvalue weighted by atomic mass is 9.86. The lowest BCUT2D eigenvalue weighted by Crippen LogP contribution is -2.28. The second-order valence-electron chi connectivity index (χ2n) is 11.1. The summed E-state index contributed by atoms with van der Waals surface area (Å²) in [5.41, 5.74) is 5.09. The number of nitrogens with zero attached hydrogens (tertiary/aromatic N) is 2. The molecule has 2 aliphatic rings. The van der Waals surface area contributed by atoms with Gasteiger partial charge in [-0.1, -0.05) is 72.8 Å². The molecule has 0 aliphatic carbocycles. The highest BCUT2D eigenvalue weighted by atomic mass is 16.3. The largest absolute Gasteiger partial charge is 0.507 e. The Bertz CT molecular complexity index is 2000. The molecule has 218 valence electrons. The van der Waals surface area contributed by atoms with Crippen LogP contribution >= 0.6 is 0 Å². The van der Waals surface area contributed by atoms with Gasteiger partial charge in [0.05, 0.1) is 11.5 Å². The molecule has 2 aliphatic heterocycles. The molecule has 7 heteroatoms. The summed E-state index contributed by atoms with van der Waals surface area (Å²) in [6.45, 7) is 2.19. The summed E-state index contributed by atoms with van der Waals surface area (Å²) in [7, 11) is 0. The zero-order chi connectivity index (χ0) is 30.2. The van der Waals surface area contributed by atoms with E-state index in [4.69, 9.17) is 4.42 Å². The number of fused-ring (bicyclic) bond motifs is 2. The third-order valence-corrected chi connectivity index (χ3v) is 8.41. The maximum Gasteiger partial charge on any atom is 0.197 e. The molecule has 1 aromatic heterocycles. The van der Waals surface area contributed by atoms with Gasteiger partial charge in [-0.15, -0.1) is 0 Å². The Balaban J connectivity index is 1.35. The minimum Gasteiger partial charge on any atom is -0.507 e. The minimum atomic E-state index is -0.693. The number of para-hydroxylation sites is 2. The van der Waals surface area contributed by atoms with Crippen LogP contribution in [0.4, 0.5) is 11.4 Å². The number of carbonyl (C=O) groups excluding carboxylic acids is 1. The highest BCUT2D eigenvalue weighted by Gasteiger charge is 2.31. The van der Waals surface area contributed by atoms with Crippen molar-refractivity contribution in [1.29, 1.82) is 0 Å². The predicted octanol–water partition coefficient (Wildman–Crippen LogP) is 6.97. The first-order chi connectivity index (χ1) is 21.5. The molecule has 0 bridgehead atoms. The van der Waals surface area contributed by atoms with E-state index < -0.39 is 11.3 Å². The van der Waals surface area contributed by atoms with E-state index in [2.05, 4.69) is 17.0 Å². The second kappa shape index (κ2) is 11.4. The Morgan fingerprint density at radius 1 is 0.886 bits per heavy atom. The van der Waals surface area contributed by atoms with Gasteiger partial charge in [0.15, 0.2) is 11.0 Å². The molecule has 4 aromatic carbocycles. The Morgan fingerprint density at radius 2 is 1.61 bits per heavy atom. The van der Waals surface area contributed by atoms with Gasteiger partial charge in [-0.25, -0.2) is 0 Å². The average Bonchev–Trinajstić information content (AvgIpc) is 3.05. The van der Waals surface area contributed by atoms with E-state index in [0.717, 1.165) is 41.9 Å². The molecular formula is C37H30N2O5. The topological polar surface area (TPSA) is 94.2 Å². The van der Waals surface area contributed by atoms with Gasteiger partial charge < -0.3 is 24.3 Å². The van der Waals surface area contributed by atoms with Gasteiger partial charge in [-0.3, -0.25) is 9.69 Å². The molecule has 2 N–H and O–H groups in total. The molecule has 1 unspecified atom stereocenters. The van der Waals surface area contributed by atoms with Crippen LogP contribution in [0, 0.1) is 0 Å². The molecule has 0 spiro atoms. The summed E-state index contributed by atoms with van der Waals surface area (Å²) in [4.78, 5) is 30.5. The average molecular weight is 583 g/mol. The third-order valence-electron chi connectivity index (χ3n) is 8.41. The summed E-state index contributed by atoms with van der Waals surface area (Å²) in [5, 5.41) is 21.8. The van der Waals surface area contributed by atoms with Crippen LogP contribution in [0.5, 0.6) is 11.5 Å². The van der Waals surface area contributed by atoms with E-state index in [0.29, 0.717) is 24.1 Å². The van der Waals surface area contributed by atoms with Crippen molar-refractivity contribution in [3.05, 3.63) is 142 Å². The lowest BCUT2D eigenvalue weighted by molar-refractivity contribution is -0.108. The molecule has 0 radical (unpaired) electrons. The van der Waals surface area contributed by atoms with Crippen LogP contribution in [0.25, 0.3) is 22.1 Å². The van der Waals surface area contributed by atoms with Crippen LogP contribution < -0.4 is 10.3 Å². The van der Waals surface area contributed by atoms with Crippen molar-refractivity contribution < 1.29 is 19.4 Å². The summed E-state index contributed by atoms with van der Waals surface area (Å²) in [6, 6.07) is 30.1. The van der Waals surface area contributed by atoms with Crippen LogP contribution in [0.15, 0.2) is 119 Å². The number of aldehydes is 1. The van der Waals surface area contributed by atoms with Crippen molar-refractivity contribution in [2.75, 3.05) is 18.0 Å². The first kappa shape index (κ1) is 27.4. The number of carbonyl (C=O) groups is 1. The molecule has 0 fully saturated rings. The number of phenolic OH excluding ortho intramolecular Hbond substituents is 2. The van der Waals surface area contributed by atoms with Crippen LogP contribution in [-0.2, 0) is 11.3 Å². The van der Waals surface area contributed by atoms with Crippen molar-refractivity contribution in [2.45, 2.75) is 18.9 Å². The highest BCUT2D eigenvalue weighted by molar-refractivity contribution is 5.98. The Kier molecular flexibility index (Phi) is 7.08. The van der Waals surface area contributed by atoms with Crippen molar-refractivity contribution in [3.63, 3.8) is 0 Å². The molecule has 0 saturated heterocycles. The summed E-state index contributed by atoms with van der Waals surface area (Å²) >= 11 is 0. The normalized spacial score (nSPS) is 16.7. The maximum absolute atomic E-state index is 13.6. The van der Waals surface area contributed by atoms with Crippen molar-refractivity contribution in [3.8, 4) is 11.5 Å². The van der Waals surface area contributed by atoms with Crippen LogP contribution in [0.2, 0.25) is 0 Å². The zero-order valence-corrected chi connectivity index (χ0v) is 23.9. The van der Waals surface area contributed by atoms with Crippen LogP contribution in [-0.4, -0.2) is 34.5 Å². The Morgan fingerprint density at radius 3 is 2.34 bits per heavy atom. The molecule has 0 saturated carbocycles. The molecular weight excluding hydrogens is 552 g/mol. The molecule has 44 heavy (non-hydrogen) atoms. The number of hydrogen-bond donors (Lipinski definition) is 2. The van der Waals surface area contributed by atoms with Gasteiger partial charge in [0.1, 0.15) is 28.9 Å². The van der Waals surface area contributed by atoms with E-state index in [-0.39, 0.29) is 28.2 Å². The predicted molar refractivity (Wildman–Crippen MR) is 172 cm³/mol. The number of hydrogen-bond acceptors (Lipinski definition) is 7. The van der Waals surface area contributed by atoms with Gasteiger partial charge in [-0.2, -0.15) is 0 Å². The number of benzene rings is 4. The van der Waals surface area contributed by atoms with Crippen LogP contribution in [0.1, 0.15) is 34.8 Å².